The topological polar surface area (TPSA) is 98.3 Å². The number of fused-ring (bicyclic) bond motifs is 1. The van der Waals surface area contributed by atoms with Gasteiger partial charge in [0.2, 0.25) is 0 Å². The van der Waals surface area contributed by atoms with Crippen LogP contribution in [0.15, 0.2) is 28.7 Å². The first kappa shape index (κ1) is 14.2. The van der Waals surface area contributed by atoms with Crippen molar-refractivity contribution in [1.82, 2.24) is 4.98 Å². The largest absolute Gasteiger partial charge is 0.433 e. The highest BCUT2D eigenvalue weighted by atomic mass is 32.1. The third kappa shape index (κ3) is 2.44. The maximum Gasteiger partial charge on any atom is 0.433 e. The van der Waals surface area contributed by atoms with Gasteiger partial charge in [-0.3, -0.25) is 20.2 Å². The molecule has 0 saturated heterocycles. The van der Waals surface area contributed by atoms with Gasteiger partial charge >= 0.3 is 5.88 Å². The Morgan fingerprint density at radius 3 is 2.64 bits per heavy atom. The number of hydrogen-bond donors (Lipinski definition) is 1. The van der Waals surface area contributed by atoms with Crippen LogP contribution < -0.4 is 5.32 Å². The normalized spacial score (nSPS) is 10.8. The third-order valence-corrected chi connectivity index (χ3v) is 4.26. The molecule has 0 aliphatic heterocycles. The SMILES string of the molecule is Cc1ccc(C)c2sc(NC(=O)c3ccc([N+](=O)[O-])o3)nc12. The average molecular weight is 317 g/mol. The van der Waals surface area contributed by atoms with Crippen molar-refractivity contribution in [1.29, 1.82) is 0 Å². The molecule has 0 saturated carbocycles. The van der Waals surface area contributed by atoms with Gasteiger partial charge in [0.15, 0.2) is 10.9 Å². The van der Waals surface area contributed by atoms with Gasteiger partial charge < -0.3 is 4.42 Å². The van der Waals surface area contributed by atoms with Crippen molar-refractivity contribution in [2.75, 3.05) is 5.32 Å². The molecule has 0 aliphatic rings. The number of carbonyl (C=O) groups is 1. The Hall–Kier alpha value is -2.74. The van der Waals surface area contributed by atoms with Crippen molar-refractivity contribution >= 4 is 38.5 Å². The summed E-state index contributed by atoms with van der Waals surface area (Å²) < 4.78 is 5.87. The van der Waals surface area contributed by atoms with Gasteiger partial charge in [0.1, 0.15) is 4.92 Å². The summed E-state index contributed by atoms with van der Waals surface area (Å²) >= 11 is 1.36. The van der Waals surface area contributed by atoms with Gasteiger partial charge in [0.25, 0.3) is 5.91 Å². The first-order valence-electron chi connectivity index (χ1n) is 6.38. The molecule has 0 radical (unpaired) electrons. The number of hydrogen-bond acceptors (Lipinski definition) is 6. The maximum atomic E-state index is 12.0. The lowest BCUT2D eigenvalue weighted by molar-refractivity contribution is -0.402. The number of aryl methyl sites for hydroxylation is 2. The Bertz CT molecular complexity index is 858. The smallest absolute Gasteiger partial charge is 0.395 e. The number of carbonyl (C=O) groups excluding carboxylic acids is 1. The molecule has 0 aliphatic carbocycles. The van der Waals surface area contributed by atoms with Crippen LogP contribution in [0.4, 0.5) is 11.0 Å². The Balaban J connectivity index is 1.89. The number of benzene rings is 1. The maximum absolute atomic E-state index is 12.0. The van der Waals surface area contributed by atoms with E-state index in [1.807, 2.05) is 26.0 Å². The minimum Gasteiger partial charge on any atom is -0.395 e. The molecule has 0 atom stereocenters. The van der Waals surface area contributed by atoms with Crippen LogP contribution in [0.3, 0.4) is 0 Å². The molecule has 7 nitrogen and oxygen atoms in total. The van der Waals surface area contributed by atoms with E-state index in [-0.39, 0.29) is 5.76 Å². The predicted molar refractivity (Wildman–Crippen MR) is 82.4 cm³/mol. The van der Waals surface area contributed by atoms with E-state index in [9.17, 15) is 14.9 Å². The number of rotatable bonds is 3. The molecule has 1 N–H and O–H groups in total. The zero-order valence-corrected chi connectivity index (χ0v) is 12.6. The van der Waals surface area contributed by atoms with Crippen LogP contribution in [0.5, 0.6) is 0 Å². The van der Waals surface area contributed by atoms with E-state index in [0.717, 1.165) is 27.4 Å². The van der Waals surface area contributed by atoms with E-state index in [1.165, 1.54) is 17.4 Å². The summed E-state index contributed by atoms with van der Waals surface area (Å²) in [5.41, 5.74) is 2.93. The molecule has 8 heteroatoms. The highest BCUT2D eigenvalue weighted by molar-refractivity contribution is 7.22. The molecule has 112 valence electrons. The second kappa shape index (κ2) is 5.23. The van der Waals surface area contributed by atoms with Crippen LogP contribution in [-0.2, 0) is 0 Å². The van der Waals surface area contributed by atoms with Crippen molar-refractivity contribution in [2.45, 2.75) is 13.8 Å². The quantitative estimate of drug-likeness (QED) is 0.587. The standard InChI is InChI=1S/C14H11N3O4S/c1-7-3-4-8(2)12-11(7)15-14(22-12)16-13(18)9-5-6-10(21-9)17(19)20/h3-6H,1-2H3,(H,15,16,18). The van der Waals surface area contributed by atoms with E-state index in [0.29, 0.717) is 5.13 Å². The average Bonchev–Trinajstić information content (AvgIpc) is 3.10. The molecule has 0 fully saturated rings. The van der Waals surface area contributed by atoms with Crippen molar-refractivity contribution < 1.29 is 14.1 Å². The number of thiazole rings is 1. The number of amides is 1. The van der Waals surface area contributed by atoms with Crippen LogP contribution >= 0.6 is 11.3 Å². The lowest BCUT2D eigenvalue weighted by atomic mass is 10.1. The minimum atomic E-state index is -0.693. The molecule has 0 bridgehead atoms. The number of nitrogens with zero attached hydrogens (tertiary/aromatic N) is 2. The summed E-state index contributed by atoms with van der Waals surface area (Å²) in [6, 6.07) is 6.37. The van der Waals surface area contributed by atoms with Gasteiger partial charge in [-0.1, -0.05) is 23.5 Å². The highest BCUT2D eigenvalue weighted by Crippen LogP contribution is 2.31. The Morgan fingerprint density at radius 1 is 1.27 bits per heavy atom. The number of nitro groups is 1. The lowest BCUT2D eigenvalue weighted by Crippen LogP contribution is -2.10. The fourth-order valence-corrected chi connectivity index (χ4v) is 3.03. The second-order valence-electron chi connectivity index (χ2n) is 4.75. The predicted octanol–water partition coefficient (Wildman–Crippen LogP) is 3.67. The summed E-state index contributed by atoms with van der Waals surface area (Å²) in [6.07, 6.45) is 0. The second-order valence-corrected chi connectivity index (χ2v) is 5.74. The number of aromatic nitrogens is 1. The zero-order chi connectivity index (χ0) is 15.9. The van der Waals surface area contributed by atoms with Gasteiger partial charge in [-0.2, -0.15) is 0 Å². The van der Waals surface area contributed by atoms with Gasteiger partial charge in [-0.05, 0) is 31.0 Å². The monoisotopic (exact) mass is 317 g/mol. The van der Waals surface area contributed by atoms with Crippen LogP contribution in [0.1, 0.15) is 21.7 Å². The molecule has 0 spiro atoms. The summed E-state index contributed by atoms with van der Waals surface area (Å²) in [4.78, 5) is 26.3. The van der Waals surface area contributed by atoms with Crippen molar-refractivity contribution in [3.8, 4) is 0 Å². The first-order chi connectivity index (χ1) is 10.5. The van der Waals surface area contributed by atoms with E-state index < -0.39 is 16.7 Å². The minimum absolute atomic E-state index is 0.126. The van der Waals surface area contributed by atoms with E-state index in [1.54, 1.807) is 0 Å². The number of anilines is 1. The first-order valence-corrected chi connectivity index (χ1v) is 7.19. The fourth-order valence-electron chi connectivity index (χ4n) is 2.02. The third-order valence-electron chi connectivity index (χ3n) is 3.16. The summed E-state index contributed by atoms with van der Waals surface area (Å²) in [6.45, 7) is 3.92. The molecular formula is C14H11N3O4S. The Labute approximate surface area is 128 Å². The molecule has 1 amide bonds. The van der Waals surface area contributed by atoms with E-state index >= 15 is 0 Å². The summed E-state index contributed by atoms with van der Waals surface area (Å²) in [5.74, 6) is -1.16. The molecule has 1 aromatic carbocycles. The van der Waals surface area contributed by atoms with E-state index in [4.69, 9.17) is 4.42 Å². The van der Waals surface area contributed by atoms with Gasteiger partial charge in [-0.25, -0.2) is 4.98 Å². The molecular weight excluding hydrogens is 306 g/mol. The molecule has 2 aromatic heterocycles. The molecule has 3 aromatic rings. The van der Waals surface area contributed by atoms with Crippen LogP contribution in [0, 0.1) is 24.0 Å². The van der Waals surface area contributed by atoms with Crippen LogP contribution in [0.2, 0.25) is 0 Å². The molecule has 2 heterocycles. The summed E-state index contributed by atoms with van der Waals surface area (Å²) in [5, 5.41) is 13.6. The number of nitrogens with one attached hydrogen (secondary N) is 1. The summed E-state index contributed by atoms with van der Waals surface area (Å²) in [7, 11) is 0. The molecule has 0 unspecified atom stereocenters. The van der Waals surface area contributed by atoms with Crippen molar-refractivity contribution in [3.63, 3.8) is 0 Å². The van der Waals surface area contributed by atoms with Crippen LogP contribution in [0.25, 0.3) is 10.2 Å². The Kier molecular flexibility index (Phi) is 3.38. The van der Waals surface area contributed by atoms with Crippen molar-refractivity contribution in [3.05, 3.63) is 51.3 Å². The van der Waals surface area contributed by atoms with E-state index in [2.05, 4.69) is 10.3 Å². The van der Waals surface area contributed by atoms with Crippen molar-refractivity contribution in [2.24, 2.45) is 0 Å². The van der Waals surface area contributed by atoms with Crippen LogP contribution in [-0.4, -0.2) is 15.8 Å². The van der Waals surface area contributed by atoms with Gasteiger partial charge in [-0.15, -0.1) is 0 Å². The molecule has 3 rings (SSSR count). The molecule has 22 heavy (non-hydrogen) atoms. The lowest BCUT2D eigenvalue weighted by Gasteiger charge is -1.96. The Morgan fingerprint density at radius 2 is 2.00 bits per heavy atom. The number of furan rings is 1. The highest BCUT2D eigenvalue weighted by Gasteiger charge is 2.19. The van der Waals surface area contributed by atoms with Gasteiger partial charge in [0, 0.05) is 0 Å². The van der Waals surface area contributed by atoms with Gasteiger partial charge in [0.05, 0.1) is 16.3 Å². The fraction of sp³-hybridized carbons (Fsp3) is 0.143. The zero-order valence-electron chi connectivity index (χ0n) is 11.7.